The Kier molecular flexibility index (Phi) is 65.9. The first-order valence-corrected chi connectivity index (χ1v) is 33.7. The van der Waals surface area contributed by atoms with Crippen molar-refractivity contribution in [3.63, 3.8) is 0 Å². The van der Waals surface area contributed by atoms with Gasteiger partial charge in [-0.15, -0.1) is 0 Å². The zero-order valence-electron chi connectivity index (χ0n) is 52.3. The summed E-state index contributed by atoms with van der Waals surface area (Å²) in [7, 11) is 0. The van der Waals surface area contributed by atoms with Gasteiger partial charge in [0, 0.05) is 12.8 Å². The smallest absolute Gasteiger partial charge is 0.306 e. The van der Waals surface area contributed by atoms with E-state index in [4.69, 9.17) is 9.47 Å². The minimum atomic E-state index is -0.795. The fraction of sp³-hybridized carbons (Fsp3) is 0.680. The summed E-state index contributed by atoms with van der Waals surface area (Å²) in [6.07, 6.45) is 103. The number of hydrogen-bond acceptors (Lipinski definition) is 5. The van der Waals surface area contributed by atoms with E-state index in [2.05, 4.69) is 148 Å². The maximum atomic E-state index is 12.3. The van der Waals surface area contributed by atoms with E-state index in [0.29, 0.717) is 12.8 Å². The molecule has 0 bridgehead atoms. The third-order valence-electron chi connectivity index (χ3n) is 14.4. The first kappa shape index (κ1) is 76.0. The highest BCUT2D eigenvalue weighted by atomic mass is 16.6. The van der Waals surface area contributed by atoms with Gasteiger partial charge in [-0.1, -0.05) is 314 Å². The first-order valence-electron chi connectivity index (χ1n) is 33.7. The summed E-state index contributed by atoms with van der Waals surface area (Å²) >= 11 is 0. The molecule has 0 heterocycles. The number of allylic oxidation sites excluding steroid dienone is 22. The Hall–Kier alpha value is -3.96. The molecule has 0 aliphatic rings. The summed E-state index contributed by atoms with van der Waals surface area (Å²) in [5.74, 6) is -0.618. The van der Waals surface area contributed by atoms with Gasteiger partial charge in [0.1, 0.15) is 6.61 Å². The molecule has 5 nitrogen and oxygen atoms in total. The van der Waals surface area contributed by atoms with Crippen molar-refractivity contribution in [3.8, 4) is 0 Å². The van der Waals surface area contributed by atoms with E-state index in [1.807, 2.05) is 0 Å². The Labute approximate surface area is 496 Å². The normalized spacial score (nSPS) is 13.1. The van der Waals surface area contributed by atoms with Crippen LogP contribution in [0, 0.1) is 0 Å². The predicted molar refractivity (Wildman–Crippen MR) is 352 cm³/mol. The summed E-state index contributed by atoms with van der Waals surface area (Å²) in [6, 6.07) is 0. The highest BCUT2D eigenvalue weighted by Crippen LogP contribution is 2.17. The standard InChI is InChI=1S/C75H126O5/c1-3-5-7-9-11-13-15-17-19-21-23-25-27-29-31-33-34-35-36-37-38-39-40-42-43-45-47-49-51-53-55-57-59-61-63-65-67-69-74(77)79-72-73(71-76)80-75(78)70-68-66-64-62-60-58-56-54-52-50-48-46-44-41-32-30-28-26-24-22-20-18-16-14-12-10-8-6-4-2/h6,8,12,14-15,17-18,20-21,23-24,26-27,29-30,32,44,46,50,52,56,58,73,76H,3-5,7,9-11,13,16,19,22,25,28,31,33-43,45,47-49,51,53-55,57,59-72H2,1-2H3/b8-6-,14-12-,17-15-,20-18-,23-21-,26-24-,29-27-,32-30-,46-44-,52-50-,58-56-. The maximum Gasteiger partial charge on any atom is 0.306 e. The summed E-state index contributed by atoms with van der Waals surface area (Å²) in [4.78, 5) is 24.6. The SMILES string of the molecule is CC/C=C\C/C=C\C/C=C\C/C=C\C/C=C\C/C=C\C/C=C\C/C=C\CCCCCCC(=O)OC(CO)COC(=O)CCCCCCCCCCCCCCCCCCCCCCCC/C=C\C/C=C\C/C=C\CCCCCCC. The number of hydrogen-bond donors (Lipinski definition) is 1. The van der Waals surface area contributed by atoms with Crippen LogP contribution in [0.25, 0.3) is 0 Å². The first-order chi connectivity index (χ1) is 39.6. The van der Waals surface area contributed by atoms with E-state index in [1.165, 1.54) is 167 Å². The van der Waals surface area contributed by atoms with Crippen molar-refractivity contribution >= 4 is 11.9 Å². The number of carbonyl (C=O) groups is 2. The maximum absolute atomic E-state index is 12.3. The van der Waals surface area contributed by atoms with Crippen LogP contribution in [0.1, 0.15) is 309 Å². The van der Waals surface area contributed by atoms with Crippen molar-refractivity contribution in [2.45, 2.75) is 315 Å². The molecule has 0 aromatic rings. The van der Waals surface area contributed by atoms with Gasteiger partial charge in [-0.25, -0.2) is 0 Å². The number of aliphatic hydroxyl groups excluding tert-OH is 1. The molecule has 1 atom stereocenters. The number of ether oxygens (including phenoxy) is 2. The molecule has 0 aliphatic carbocycles. The fourth-order valence-electron chi connectivity index (χ4n) is 9.40. The summed E-state index contributed by atoms with van der Waals surface area (Å²) < 4.78 is 10.7. The van der Waals surface area contributed by atoms with Crippen LogP contribution in [-0.4, -0.2) is 36.4 Å². The molecule has 0 aromatic carbocycles. The van der Waals surface area contributed by atoms with E-state index in [0.717, 1.165) is 116 Å². The Balaban J connectivity index is 3.52. The van der Waals surface area contributed by atoms with Crippen molar-refractivity contribution in [1.29, 1.82) is 0 Å². The van der Waals surface area contributed by atoms with Gasteiger partial charge in [-0.3, -0.25) is 9.59 Å². The molecular weight excluding hydrogens is 981 g/mol. The molecule has 0 aromatic heterocycles. The molecule has 0 saturated carbocycles. The van der Waals surface area contributed by atoms with Gasteiger partial charge in [0.05, 0.1) is 6.61 Å². The third kappa shape index (κ3) is 66.6. The molecule has 1 unspecified atom stereocenters. The molecule has 0 fully saturated rings. The van der Waals surface area contributed by atoms with Crippen LogP contribution in [0.4, 0.5) is 0 Å². The Morgan fingerprint density at radius 1 is 0.300 bits per heavy atom. The topological polar surface area (TPSA) is 72.8 Å². The van der Waals surface area contributed by atoms with E-state index in [9.17, 15) is 14.7 Å². The molecular formula is C75H126O5. The lowest BCUT2D eigenvalue weighted by atomic mass is 10.0. The molecule has 0 spiro atoms. The molecule has 0 aliphatic heterocycles. The molecule has 80 heavy (non-hydrogen) atoms. The van der Waals surface area contributed by atoms with Crippen molar-refractivity contribution in [2.24, 2.45) is 0 Å². The van der Waals surface area contributed by atoms with E-state index < -0.39 is 6.10 Å². The zero-order chi connectivity index (χ0) is 57.6. The second-order valence-corrected chi connectivity index (χ2v) is 22.2. The van der Waals surface area contributed by atoms with Crippen LogP contribution in [0.15, 0.2) is 134 Å². The van der Waals surface area contributed by atoms with Gasteiger partial charge in [-0.05, 0) is 116 Å². The Morgan fingerprint density at radius 3 is 0.812 bits per heavy atom. The number of unbranched alkanes of at least 4 members (excludes halogenated alkanes) is 31. The zero-order valence-corrected chi connectivity index (χ0v) is 52.3. The second-order valence-electron chi connectivity index (χ2n) is 22.2. The van der Waals surface area contributed by atoms with Gasteiger partial charge < -0.3 is 14.6 Å². The minimum Gasteiger partial charge on any atom is -0.462 e. The van der Waals surface area contributed by atoms with Crippen LogP contribution >= 0.6 is 0 Å². The number of carbonyl (C=O) groups excluding carboxylic acids is 2. The lowest BCUT2D eigenvalue weighted by molar-refractivity contribution is -0.161. The largest absolute Gasteiger partial charge is 0.462 e. The van der Waals surface area contributed by atoms with Crippen LogP contribution in [-0.2, 0) is 19.1 Å². The average molecular weight is 1110 g/mol. The molecule has 0 rings (SSSR count). The quantitative estimate of drug-likeness (QED) is 0.0373. The van der Waals surface area contributed by atoms with Crippen LogP contribution in [0.3, 0.4) is 0 Å². The van der Waals surface area contributed by atoms with Crippen molar-refractivity contribution < 1.29 is 24.2 Å². The van der Waals surface area contributed by atoms with Gasteiger partial charge in [0.25, 0.3) is 0 Å². The Morgan fingerprint density at radius 2 is 0.537 bits per heavy atom. The number of esters is 2. The predicted octanol–water partition coefficient (Wildman–Crippen LogP) is 23.5. The fourth-order valence-corrected chi connectivity index (χ4v) is 9.40. The van der Waals surface area contributed by atoms with Crippen molar-refractivity contribution in [2.75, 3.05) is 13.2 Å². The van der Waals surface area contributed by atoms with Crippen molar-refractivity contribution in [1.82, 2.24) is 0 Å². The van der Waals surface area contributed by atoms with E-state index >= 15 is 0 Å². The highest BCUT2D eigenvalue weighted by Gasteiger charge is 2.16. The van der Waals surface area contributed by atoms with E-state index in [1.54, 1.807) is 0 Å². The van der Waals surface area contributed by atoms with Gasteiger partial charge in [-0.2, -0.15) is 0 Å². The highest BCUT2D eigenvalue weighted by molar-refractivity contribution is 5.70. The number of rotatable bonds is 61. The molecule has 0 radical (unpaired) electrons. The molecule has 0 saturated heterocycles. The average Bonchev–Trinajstić information content (AvgIpc) is 3.46. The Bertz CT molecular complexity index is 1630. The summed E-state index contributed by atoms with van der Waals surface area (Å²) in [5, 5.41) is 9.69. The molecule has 5 heteroatoms. The van der Waals surface area contributed by atoms with Gasteiger partial charge in [0.15, 0.2) is 6.10 Å². The monoisotopic (exact) mass is 1110 g/mol. The van der Waals surface area contributed by atoms with Crippen molar-refractivity contribution in [3.05, 3.63) is 134 Å². The molecule has 456 valence electrons. The molecule has 1 N–H and O–H groups in total. The van der Waals surface area contributed by atoms with Gasteiger partial charge >= 0.3 is 11.9 Å². The number of aliphatic hydroxyl groups is 1. The lowest BCUT2D eigenvalue weighted by Crippen LogP contribution is -2.28. The molecule has 0 amide bonds. The van der Waals surface area contributed by atoms with Crippen LogP contribution < -0.4 is 0 Å². The summed E-state index contributed by atoms with van der Waals surface area (Å²) in [6.45, 7) is 4.01. The van der Waals surface area contributed by atoms with Crippen LogP contribution in [0.2, 0.25) is 0 Å². The van der Waals surface area contributed by atoms with Crippen LogP contribution in [0.5, 0.6) is 0 Å². The van der Waals surface area contributed by atoms with Gasteiger partial charge in [0.2, 0.25) is 0 Å². The van der Waals surface area contributed by atoms with E-state index in [-0.39, 0.29) is 25.2 Å². The minimum absolute atomic E-state index is 0.0816. The second kappa shape index (κ2) is 69.3. The summed E-state index contributed by atoms with van der Waals surface area (Å²) in [5.41, 5.74) is 0. The lowest BCUT2D eigenvalue weighted by Gasteiger charge is -2.15. The third-order valence-corrected chi connectivity index (χ3v) is 14.4.